The molecule has 26 heteroatoms. The number of rotatable bonds is 20. The molecule has 1 aliphatic rings. The zero-order valence-electron chi connectivity index (χ0n) is 42.9. The van der Waals surface area contributed by atoms with E-state index in [0.29, 0.717) is 24.0 Å². The standard InChI is InChI=1S/C50H75N17O9/c1-29(68)61-35(19-11-23-58-49(53)54)43(71)67-40-27-41(69)57-22-10-8-17-34(42(52)70)62-47(75)39(26-31-28-60-33-16-6-5-15-32(31)33)66-45(73)37(20-12-24-59-50(55)56)64-46(74)38(25-30-13-3-2-4-14-30)65-44(72)36(63-48(40)76)18-7-9-21-51/h2-6,13-16,28,34-40,60H,7-12,17-27,51H2,1H3,(H2,52,70)(H,57,69)(H,61,68)(H,62,75)(H,63,76)(H,64,74)(H,65,72)(H,66,73)(H,67,71)(H4,53,54,58)(H4,55,56,59). The Morgan fingerprint density at radius 2 is 1.25 bits per heavy atom. The summed E-state index contributed by atoms with van der Waals surface area (Å²) >= 11 is 0. The summed E-state index contributed by atoms with van der Waals surface area (Å²) < 4.78 is 0. The monoisotopic (exact) mass is 1060 g/mol. The Labute approximate surface area is 440 Å². The molecule has 0 radical (unpaired) electrons. The highest BCUT2D eigenvalue weighted by molar-refractivity contribution is 5.99. The molecule has 7 unspecified atom stereocenters. The molecule has 0 aliphatic carbocycles. The Bertz CT molecular complexity index is 2510. The van der Waals surface area contributed by atoms with Crippen LogP contribution in [-0.2, 0) is 56.0 Å². The van der Waals surface area contributed by atoms with Crippen LogP contribution in [0, 0.1) is 0 Å². The Kier molecular flexibility index (Phi) is 24.9. The van der Waals surface area contributed by atoms with Crippen LogP contribution in [0.15, 0.2) is 70.8 Å². The average Bonchev–Trinajstić information content (AvgIpc) is 3.78. The highest BCUT2D eigenvalue weighted by atomic mass is 16.2. The number of unbranched alkanes of at least 4 members (excludes halogenated alkanes) is 1. The normalized spacial score (nSPS) is 21.0. The van der Waals surface area contributed by atoms with Gasteiger partial charge in [0.15, 0.2) is 11.9 Å². The third-order valence-electron chi connectivity index (χ3n) is 12.4. The number of nitrogens with zero attached hydrogens (tertiary/aromatic N) is 2. The van der Waals surface area contributed by atoms with Crippen molar-refractivity contribution in [1.82, 2.24) is 47.5 Å². The van der Waals surface area contributed by atoms with Crippen LogP contribution in [0.2, 0.25) is 0 Å². The molecule has 1 saturated heterocycles. The Hall–Kier alpha value is -8.29. The summed E-state index contributed by atoms with van der Waals surface area (Å²) in [7, 11) is 0. The molecule has 2 aromatic carbocycles. The SMILES string of the molecule is CC(=O)NC(CCCN=C(N)N)C(=O)NC1CC(=O)NCCCCC(C(N)=O)NC(=O)C(Cc2c[nH]c3ccccc23)NC(=O)C(CCCN=C(N)N)NC(=O)C(Cc2ccccc2)NC(=O)C(CCCCN)NC1=O. The van der Waals surface area contributed by atoms with Gasteiger partial charge in [-0.2, -0.15) is 0 Å². The first-order chi connectivity index (χ1) is 36.3. The molecule has 76 heavy (non-hydrogen) atoms. The number of guanidine groups is 2. The molecule has 1 fully saturated rings. The molecular weight excluding hydrogens is 983 g/mol. The van der Waals surface area contributed by atoms with Crippen molar-refractivity contribution in [2.75, 3.05) is 26.2 Å². The number of aromatic nitrogens is 1. The lowest BCUT2D eigenvalue weighted by molar-refractivity contribution is -0.136. The van der Waals surface area contributed by atoms with E-state index in [1.165, 1.54) is 6.92 Å². The first kappa shape index (κ1) is 60.3. The molecular formula is C50H75N17O9. The van der Waals surface area contributed by atoms with Gasteiger partial charge in [-0.25, -0.2) is 0 Å². The average molecular weight is 1060 g/mol. The van der Waals surface area contributed by atoms with E-state index in [2.05, 4.69) is 57.5 Å². The molecule has 3 aromatic rings. The number of nitrogens with one attached hydrogen (secondary N) is 9. The molecule has 414 valence electrons. The molecule has 1 aliphatic heterocycles. The third-order valence-corrected chi connectivity index (χ3v) is 12.4. The number of fused-ring (bicyclic) bond motifs is 1. The van der Waals surface area contributed by atoms with Crippen molar-refractivity contribution in [2.45, 2.75) is 133 Å². The van der Waals surface area contributed by atoms with Gasteiger partial charge >= 0.3 is 0 Å². The van der Waals surface area contributed by atoms with E-state index in [0.717, 1.165) is 10.9 Å². The van der Waals surface area contributed by atoms with Crippen LogP contribution in [0.5, 0.6) is 0 Å². The van der Waals surface area contributed by atoms with Crippen LogP contribution in [0.1, 0.15) is 88.7 Å². The van der Waals surface area contributed by atoms with Crippen molar-refractivity contribution in [3.63, 3.8) is 0 Å². The second-order valence-corrected chi connectivity index (χ2v) is 18.5. The minimum Gasteiger partial charge on any atom is -0.370 e. The van der Waals surface area contributed by atoms with Crippen LogP contribution < -0.4 is 76.9 Å². The number of hydrogen-bond acceptors (Lipinski definition) is 12. The van der Waals surface area contributed by atoms with Gasteiger partial charge in [-0.3, -0.25) is 53.1 Å². The number of primary amides is 1. The van der Waals surface area contributed by atoms with Gasteiger partial charge in [0.2, 0.25) is 53.2 Å². The molecule has 0 bridgehead atoms. The fraction of sp³-hybridized carbons (Fsp3) is 0.500. The summed E-state index contributed by atoms with van der Waals surface area (Å²) in [4.78, 5) is 136. The second-order valence-electron chi connectivity index (χ2n) is 18.5. The van der Waals surface area contributed by atoms with Crippen molar-refractivity contribution in [2.24, 2.45) is 44.4 Å². The lowest BCUT2D eigenvalue weighted by Gasteiger charge is -2.28. The predicted octanol–water partition coefficient (Wildman–Crippen LogP) is -3.22. The summed E-state index contributed by atoms with van der Waals surface area (Å²) in [6, 6.07) is 6.55. The second kappa shape index (κ2) is 31.4. The zero-order valence-corrected chi connectivity index (χ0v) is 42.9. The molecule has 4 rings (SSSR count). The number of aromatic amines is 1. The van der Waals surface area contributed by atoms with Gasteiger partial charge in [-0.05, 0) is 87.9 Å². The lowest BCUT2D eigenvalue weighted by atomic mass is 10.0. The first-order valence-electron chi connectivity index (χ1n) is 25.4. The summed E-state index contributed by atoms with van der Waals surface area (Å²) in [6.45, 7) is 1.65. The smallest absolute Gasteiger partial charge is 0.243 e. The molecule has 7 atom stereocenters. The topological polar surface area (TPSA) is 446 Å². The van der Waals surface area contributed by atoms with Gasteiger partial charge < -0.3 is 81.9 Å². The largest absolute Gasteiger partial charge is 0.370 e. The van der Waals surface area contributed by atoms with E-state index in [9.17, 15) is 43.2 Å². The van der Waals surface area contributed by atoms with E-state index in [1.54, 1.807) is 36.5 Å². The summed E-state index contributed by atoms with van der Waals surface area (Å²) in [5.41, 5.74) is 35.7. The van der Waals surface area contributed by atoms with Crippen molar-refractivity contribution < 1.29 is 43.2 Å². The van der Waals surface area contributed by atoms with Crippen LogP contribution in [0.25, 0.3) is 10.9 Å². The highest BCUT2D eigenvalue weighted by Gasteiger charge is 2.35. The number of carbonyl (C=O) groups is 9. The van der Waals surface area contributed by atoms with E-state index in [-0.39, 0.29) is 102 Å². The maximum absolute atomic E-state index is 14.7. The number of carbonyl (C=O) groups excluding carboxylic acids is 9. The number of para-hydroxylation sites is 1. The van der Waals surface area contributed by atoms with E-state index in [1.807, 2.05) is 24.3 Å². The lowest BCUT2D eigenvalue weighted by Crippen LogP contribution is -2.60. The fourth-order valence-electron chi connectivity index (χ4n) is 8.43. The van der Waals surface area contributed by atoms with E-state index in [4.69, 9.17) is 34.4 Å². The Morgan fingerprint density at radius 1 is 0.671 bits per heavy atom. The summed E-state index contributed by atoms with van der Waals surface area (Å²) in [6.07, 6.45) is 2.60. The number of nitrogens with two attached hydrogens (primary N) is 6. The minimum absolute atomic E-state index is 0.00260. The van der Waals surface area contributed by atoms with Gasteiger partial charge in [0, 0.05) is 56.5 Å². The Balaban J connectivity index is 1.78. The summed E-state index contributed by atoms with van der Waals surface area (Å²) in [5, 5.41) is 22.2. The molecule has 9 amide bonds. The van der Waals surface area contributed by atoms with Gasteiger partial charge in [-0.1, -0.05) is 48.5 Å². The zero-order chi connectivity index (χ0) is 55.6. The fourth-order valence-corrected chi connectivity index (χ4v) is 8.43. The Morgan fingerprint density at radius 3 is 1.89 bits per heavy atom. The van der Waals surface area contributed by atoms with Crippen LogP contribution in [-0.4, -0.2) is 139 Å². The number of aliphatic imine (C=N–C) groups is 2. The van der Waals surface area contributed by atoms with E-state index >= 15 is 0 Å². The maximum Gasteiger partial charge on any atom is 0.243 e. The number of amides is 9. The molecule has 0 spiro atoms. The molecule has 1 aromatic heterocycles. The van der Waals surface area contributed by atoms with Gasteiger partial charge in [-0.15, -0.1) is 0 Å². The highest BCUT2D eigenvalue weighted by Crippen LogP contribution is 2.20. The molecule has 21 N–H and O–H groups in total. The molecule has 2 heterocycles. The minimum atomic E-state index is -1.61. The quantitative estimate of drug-likeness (QED) is 0.0301. The molecule has 0 saturated carbocycles. The predicted molar refractivity (Wildman–Crippen MR) is 285 cm³/mol. The van der Waals surface area contributed by atoms with Gasteiger partial charge in [0.25, 0.3) is 0 Å². The van der Waals surface area contributed by atoms with Crippen molar-refractivity contribution in [3.8, 4) is 0 Å². The number of H-pyrrole nitrogens is 1. The maximum atomic E-state index is 14.7. The third kappa shape index (κ3) is 20.9. The van der Waals surface area contributed by atoms with Crippen molar-refractivity contribution in [3.05, 3.63) is 71.9 Å². The van der Waals surface area contributed by atoms with Crippen LogP contribution in [0.3, 0.4) is 0 Å². The summed E-state index contributed by atoms with van der Waals surface area (Å²) in [5.74, 6) is -7.44. The van der Waals surface area contributed by atoms with Gasteiger partial charge in [0.05, 0.1) is 6.42 Å². The molecule has 26 nitrogen and oxygen atoms in total. The van der Waals surface area contributed by atoms with Crippen molar-refractivity contribution in [1.29, 1.82) is 0 Å². The van der Waals surface area contributed by atoms with Crippen LogP contribution in [0.4, 0.5) is 0 Å². The first-order valence-corrected chi connectivity index (χ1v) is 25.4. The number of benzene rings is 2. The van der Waals surface area contributed by atoms with Crippen molar-refractivity contribution >= 4 is 76.0 Å². The van der Waals surface area contributed by atoms with Gasteiger partial charge in [0.1, 0.15) is 42.3 Å². The number of hydrogen-bond donors (Lipinski definition) is 15. The van der Waals surface area contributed by atoms with E-state index < -0.39 is 102 Å². The van der Waals surface area contributed by atoms with Crippen LogP contribution >= 0.6 is 0 Å².